The molecule has 3 aromatic carbocycles. The zero-order valence-electron chi connectivity index (χ0n) is 14.2. The van der Waals surface area contributed by atoms with Crippen molar-refractivity contribution in [2.24, 2.45) is 0 Å². The van der Waals surface area contributed by atoms with Crippen LogP contribution >= 0.6 is 0 Å². The lowest BCUT2D eigenvalue weighted by molar-refractivity contribution is -0.123. The van der Waals surface area contributed by atoms with E-state index in [0.29, 0.717) is 0 Å². The van der Waals surface area contributed by atoms with E-state index in [4.69, 9.17) is 0 Å². The van der Waals surface area contributed by atoms with Crippen molar-refractivity contribution in [1.29, 1.82) is 0 Å². The fraction of sp³-hybridized carbons (Fsp3) is 0.182. The summed E-state index contributed by atoms with van der Waals surface area (Å²) in [4.78, 5) is 25.0. The zero-order chi connectivity index (χ0) is 17.7. The summed E-state index contributed by atoms with van der Waals surface area (Å²) in [7, 11) is 0. The summed E-state index contributed by atoms with van der Waals surface area (Å²) in [6.45, 7) is 0. The second-order valence-electron chi connectivity index (χ2n) is 6.99. The number of aryl methyl sites for hydroxylation is 2. The number of amides is 2. The maximum absolute atomic E-state index is 13.0. The Hall–Kier alpha value is -3.14. The predicted octanol–water partition coefficient (Wildman–Crippen LogP) is 4.00. The predicted molar refractivity (Wildman–Crippen MR) is 102 cm³/mol. The molecule has 2 amide bonds. The zero-order valence-corrected chi connectivity index (χ0v) is 14.2. The van der Waals surface area contributed by atoms with Crippen molar-refractivity contribution in [2.75, 3.05) is 10.6 Å². The van der Waals surface area contributed by atoms with Crippen LogP contribution in [0.25, 0.3) is 10.8 Å². The monoisotopic (exact) mass is 342 g/mol. The largest absolute Gasteiger partial charge is 0.326 e. The van der Waals surface area contributed by atoms with Gasteiger partial charge in [-0.1, -0.05) is 42.5 Å². The molecule has 1 atom stereocenters. The summed E-state index contributed by atoms with van der Waals surface area (Å²) >= 11 is 0. The lowest BCUT2D eigenvalue weighted by Crippen LogP contribution is -2.30. The summed E-state index contributed by atoms with van der Waals surface area (Å²) < 4.78 is 0. The topological polar surface area (TPSA) is 58.2 Å². The smallest absolute Gasteiger partial charge is 0.232 e. The Kier molecular flexibility index (Phi) is 3.32. The molecule has 1 heterocycles. The van der Waals surface area contributed by atoms with Gasteiger partial charge in [0, 0.05) is 23.2 Å². The van der Waals surface area contributed by atoms with Gasteiger partial charge in [-0.2, -0.15) is 0 Å². The van der Waals surface area contributed by atoms with Gasteiger partial charge in [-0.15, -0.1) is 0 Å². The van der Waals surface area contributed by atoms with Crippen LogP contribution in [0.3, 0.4) is 0 Å². The van der Waals surface area contributed by atoms with Gasteiger partial charge < -0.3 is 10.6 Å². The van der Waals surface area contributed by atoms with Crippen LogP contribution < -0.4 is 10.6 Å². The number of fused-ring (bicyclic) bond motifs is 1. The van der Waals surface area contributed by atoms with Crippen LogP contribution in [0.15, 0.2) is 54.6 Å². The number of para-hydroxylation sites is 1. The molecule has 0 aromatic heterocycles. The standard InChI is InChI=1S/C22H18N2O2/c25-20-12-17(15-5-1-2-7-18(15)23-20)22(26)24-19-11-10-14-9-8-13-4-3-6-16(19)21(13)14/h1-7,10-11,17H,8-9,12H2,(H,23,25)(H,24,26). The molecule has 4 heteroatoms. The fourth-order valence-electron chi connectivity index (χ4n) is 4.22. The average molecular weight is 342 g/mol. The van der Waals surface area contributed by atoms with E-state index in [-0.39, 0.29) is 18.2 Å². The van der Waals surface area contributed by atoms with Crippen LogP contribution in [0.4, 0.5) is 11.4 Å². The van der Waals surface area contributed by atoms with Crippen LogP contribution in [-0.4, -0.2) is 11.8 Å². The molecule has 4 nitrogen and oxygen atoms in total. The number of hydrogen-bond donors (Lipinski definition) is 2. The maximum atomic E-state index is 13.0. The SMILES string of the molecule is O=C1CC(C(=O)Nc2ccc3c4c(cccc24)CC3)c2ccccc2N1. The highest BCUT2D eigenvalue weighted by molar-refractivity contribution is 6.09. The van der Waals surface area contributed by atoms with Crippen molar-refractivity contribution in [3.63, 3.8) is 0 Å². The van der Waals surface area contributed by atoms with Gasteiger partial charge in [0.25, 0.3) is 0 Å². The molecular formula is C22H18N2O2. The van der Waals surface area contributed by atoms with Gasteiger partial charge >= 0.3 is 0 Å². The van der Waals surface area contributed by atoms with Crippen LogP contribution in [0, 0.1) is 0 Å². The highest BCUT2D eigenvalue weighted by Crippen LogP contribution is 2.37. The summed E-state index contributed by atoms with van der Waals surface area (Å²) in [6.07, 6.45) is 2.28. The van der Waals surface area contributed by atoms with E-state index in [1.54, 1.807) is 0 Å². The van der Waals surface area contributed by atoms with Crippen LogP contribution in [0.2, 0.25) is 0 Å². The first-order valence-corrected chi connectivity index (χ1v) is 8.94. The second kappa shape index (κ2) is 5.70. The molecule has 1 unspecified atom stereocenters. The highest BCUT2D eigenvalue weighted by Gasteiger charge is 2.30. The van der Waals surface area contributed by atoms with E-state index in [0.717, 1.165) is 35.2 Å². The molecule has 128 valence electrons. The van der Waals surface area contributed by atoms with E-state index in [1.165, 1.54) is 16.5 Å². The van der Waals surface area contributed by atoms with Crippen molar-refractivity contribution in [3.05, 3.63) is 71.3 Å². The lowest BCUT2D eigenvalue weighted by Gasteiger charge is -2.25. The third kappa shape index (κ3) is 2.30. The second-order valence-corrected chi connectivity index (χ2v) is 6.99. The van der Waals surface area contributed by atoms with Crippen LogP contribution in [-0.2, 0) is 22.4 Å². The number of nitrogens with one attached hydrogen (secondary N) is 2. The van der Waals surface area contributed by atoms with Gasteiger partial charge in [0.05, 0.1) is 5.92 Å². The third-order valence-corrected chi connectivity index (χ3v) is 5.45. The molecule has 1 aliphatic heterocycles. The van der Waals surface area contributed by atoms with Crippen molar-refractivity contribution in [1.82, 2.24) is 0 Å². The number of benzene rings is 3. The molecule has 3 aromatic rings. The van der Waals surface area contributed by atoms with E-state index in [1.807, 2.05) is 36.4 Å². The summed E-state index contributed by atoms with van der Waals surface area (Å²) in [5.41, 5.74) is 5.10. The van der Waals surface area contributed by atoms with E-state index >= 15 is 0 Å². The highest BCUT2D eigenvalue weighted by atomic mass is 16.2. The van der Waals surface area contributed by atoms with Crippen LogP contribution in [0.1, 0.15) is 29.0 Å². The lowest BCUT2D eigenvalue weighted by atomic mass is 9.89. The van der Waals surface area contributed by atoms with Gasteiger partial charge in [0.15, 0.2) is 0 Å². The van der Waals surface area contributed by atoms with Crippen molar-refractivity contribution >= 4 is 34.0 Å². The minimum Gasteiger partial charge on any atom is -0.326 e. The van der Waals surface area contributed by atoms with E-state index in [9.17, 15) is 9.59 Å². The molecule has 0 bridgehead atoms. The first-order chi connectivity index (χ1) is 12.7. The van der Waals surface area contributed by atoms with Crippen molar-refractivity contribution in [3.8, 4) is 0 Å². The molecule has 0 fully saturated rings. The molecule has 0 saturated carbocycles. The number of hydrogen-bond acceptors (Lipinski definition) is 2. The average Bonchev–Trinajstić information content (AvgIpc) is 3.08. The summed E-state index contributed by atoms with van der Waals surface area (Å²) in [5, 5.41) is 8.28. The fourth-order valence-corrected chi connectivity index (χ4v) is 4.22. The first-order valence-electron chi connectivity index (χ1n) is 8.94. The molecule has 2 N–H and O–H groups in total. The van der Waals surface area contributed by atoms with Gasteiger partial charge in [-0.05, 0) is 47.1 Å². The minimum atomic E-state index is -0.469. The van der Waals surface area contributed by atoms with Gasteiger partial charge in [0.1, 0.15) is 0 Å². The van der Waals surface area contributed by atoms with Crippen molar-refractivity contribution in [2.45, 2.75) is 25.2 Å². The third-order valence-electron chi connectivity index (χ3n) is 5.45. The quantitative estimate of drug-likeness (QED) is 0.739. The Bertz CT molecular complexity index is 1060. The maximum Gasteiger partial charge on any atom is 0.232 e. The van der Waals surface area contributed by atoms with Gasteiger partial charge in [-0.3, -0.25) is 9.59 Å². The van der Waals surface area contributed by atoms with Crippen molar-refractivity contribution < 1.29 is 9.59 Å². The van der Waals surface area contributed by atoms with E-state index in [2.05, 4.69) is 28.8 Å². The summed E-state index contributed by atoms with van der Waals surface area (Å²) in [6, 6.07) is 17.9. The number of carbonyl (C=O) groups is 2. The Morgan fingerprint density at radius 1 is 0.962 bits per heavy atom. The molecule has 0 saturated heterocycles. The molecule has 0 spiro atoms. The molecular weight excluding hydrogens is 324 g/mol. The molecule has 0 radical (unpaired) electrons. The Balaban J connectivity index is 1.53. The molecule has 1 aliphatic carbocycles. The molecule has 2 aliphatic rings. The summed E-state index contributed by atoms with van der Waals surface area (Å²) in [5.74, 6) is -0.724. The molecule has 5 rings (SSSR count). The minimum absolute atomic E-state index is 0.121. The Labute approximate surface area is 151 Å². The van der Waals surface area contributed by atoms with Crippen LogP contribution in [0.5, 0.6) is 0 Å². The number of anilines is 2. The van der Waals surface area contributed by atoms with Gasteiger partial charge in [0.2, 0.25) is 11.8 Å². The first kappa shape index (κ1) is 15.1. The Morgan fingerprint density at radius 2 is 1.77 bits per heavy atom. The molecule has 26 heavy (non-hydrogen) atoms. The normalized spacial score (nSPS) is 17.7. The Morgan fingerprint density at radius 3 is 2.65 bits per heavy atom. The number of carbonyl (C=O) groups excluding carboxylic acids is 2. The van der Waals surface area contributed by atoms with Gasteiger partial charge in [-0.25, -0.2) is 0 Å². The number of rotatable bonds is 2. The van der Waals surface area contributed by atoms with E-state index < -0.39 is 5.92 Å².